The van der Waals surface area contributed by atoms with Crippen molar-refractivity contribution in [3.8, 4) is 5.75 Å². The van der Waals surface area contributed by atoms with Crippen molar-refractivity contribution in [1.82, 2.24) is 9.62 Å². The predicted molar refractivity (Wildman–Crippen MR) is 129 cm³/mol. The van der Waals surface area contributed by atoms with Gasteiger partial charge in [0.15, 0.2) is 0 Å². The molecule has 1 unspecified atom stereocenters. The molecule has 2 heterocycles. The number of amides is 1. The minimum absolute atomic E-state index is 0.0250. The molecule has 0 spiro atoms. The lowest BCUT2D eigenvalue weighted by atomic mass is 9.79. The monoisotopic (exact) mass is 480 g/mol. The van der Waals surface area contributed by atoms with Crippen LogP contribution < -0.4 is 14.9 Å². The van der Waals surface area contributed by atoms with E-state index in [1.165, 1.54) is 0 Å². The van der Waals surface area contributed by atoms with E-state index in [1.54, 1.807) is 18.1 Å². The number of hydrogen-bond donors (Lipinski definition) is 1. The Morgan fingerprint density at radius 2 is 1.73 bits per heavy atom. The predicted octanol–water partition coefficient (Wildman–Crippen LogP) is 3.01. The zero-order valence-corrected chi connectivity index (χ0v) is 21.8. The van der Waals surface area contributed by atoms with Crippen LogP contribution in [0.5, 0.6) is 5.75 Å². The van der Waals surface area contributed by atoms with Gasteiger partial charge in [-0.1, -0.05) is 6.07 Å². The fourth-order valence-electron chi connectivity index (χ4n) is 3.68. The van der Waals surface area contributed by atoms with Crippen LogP contribution in [0, 0.1) is 0 Å². The van der Waals surface area contributed by atoms with Gasteiger partial charge in [-0.25, -0.2) is 13.7 Å². The van der Waals surface area contributed by atoms with Gasteiger partial charge in [0.2, 0.25) is 0 Å². The Labute approximate surface area is 200 Å². The lowest BCUT2D eigenvalue weighted by molar-refractivity contribution is 0.00578. The Kier molecular flexibility index (Phi) is 7.53. The third-order valence-corrected chi connectivity index (χ3v) is 7.62. The van der Waals surface area contributed by atoms with Crippen LogP contribution >= 0.6 is 0 Å². The van der Waals surface area contributed by atoms with Crippen molar-refractivity contribution in [3.05, 3.63) is 18.2 Å². The fourth-order valence-corrected chi connectivity index (χ4v) is 4.87. The highest BCUT2D eigenvalue weighted by Crippen LogP contribution is 2.37. The molecule has 0 aliphatic carbocycles. The molecule has 184 valence electrons. The summed E-state index contributed by atoms with van der Waals surface area (Å²) in [6.07, 6.45) is 1.08. The van der Waals surface area contributed by atoms with Crippen LogP contribution in [-0.4, -0.2) is 65.4 Å². The van der Waals surface area contributed by atoms with E-state index in [4.69, 9.17) is 18.8 Å². The number of methoxy groups -OCH3 is 1. The number of nitrogens with zero attached hydrogens (tertiary/aromatic N) is 1. The van der Waals surface area contributed by atoms with Gasteiger partial charge < -0.3 is 23.7 Å². The second-order valence-electron chi connectivity index (χ2n) is 10.6. The van der Waals surface area contributed by atoms with E-state index in [0.29, 0.717) is 36.6 Å². The van der Waals surface area contributed by atoms with Gasteiger partial charge in [-0.15, -0.1) is 0 Å². The highest BCUT2D eigenvalue weighted by molar-refractivity contribution is 7.83. The van der Waals surface area contributed by atoms with Crippen LogP contribution in [0.25, 0.3) is 0 Å². The minimum atomic E-state index is -1.46. The maximum absolute atomic E-state index is 13.1. The lowest BCUT2D eigenvalue weighted by Gasteiger charge is -2.33. The summed E-state index contributed by atoms with van der Waals surface area (Å²) in [7, 11) is -0.420. The van der Waals surface area contributed by atoms with Crippen LogP contribution in [0.3, 0.4) is 0 Å². The summed E-state index contributed by atoms with van der Waals surface area (Å²) in [5, 5.41) is 0. The Bertz CT molecular complexity index is 877. The van der Waals surface area contributed by atoms with Gasteiger partial charge in [0.25, 0.3) is 0 Å². The van der Waals surface area contributed by atoms with Crippen LogP contribution in [0.1, 0.15) is 61.3 Å². The molecular formula is C23H37BN2O6S. The first-order chi connectivity index (χ1) is 15.2. The third kappa shape index (κ3) is 6.09. The molecule has 0 radical (unpaired) electrons. The SMILES string of the molecule is COc1cc(B2OC(C)(C)C(C)(C)O2)ccc1S(=O)NC1CCN(C(=O)OC(C)(C)C)CC1. The number of carbonyl (C=O) groups is 1. The number of rotatable bonds is 5. The maximum Gasteiger partial charge on any atom is 0.494 e. The smallest absolute Gasteiger partial charge is 0.494 e. The molecule has 3 rings (SSSR count). The van der Waals surface area contributed by atoms with Crippen LogP contribution in [0.2, 0.25) is 0 Å². The number of ether oxygens (including phenoxy) is 2. The van der Waals surface area contributed by atoms with Crippen LogP contribution in [0.4, 0.5) is 4.79 Å². The molecule has 0 saturated carbocycles. The average Bonchev–Trinajstić information content (AvgIpc) is 2.93. The van der Waals surface area contributed by atoms with Gasteiger partial charge in [0, 0.05) is 19.1 Å². The molecule has 1 atom stereocenters. The van der Waals surface area contributed by atoms with Gasteiger partial charge >= 0.3 is 13.2 Å². The second-order valence-corrected chi connectivity index (χ2v) is 11.8. The van der Waals surface area contributed by atoms with Gasteiger partial charge in [-0.3, -0.25) is 0 Å². The van der Waals surface area contributed by atoms with E-state index in [9.17, 15) is 9.00 Å². The van der Waals surface area contributed by atoms with E-state index in [2.05, 4.69) is 4.72 Å². The molecule has 2 aliphatic rings. The molecule has 10 heteroatoms. The summed E-state index contributed by atoms with van der Waals surface area (Å²) >= 11 is 0. The lowest BCUT2D eigenvalue weighted by Crippen LogP contribution is -2.46. The van der Waals surface area contributed by atoms with Crippen LogP contribution in [0.15, 0.2) is 23.1 Å². The summed E-state index contributed by atoms with van der Waals surface area (Å²) in [4.78, 5) is 14.5. The fraction of sp³-hybridized carbons (Fsp3) is 0.696. The van der Waals surface area contributed by atoms with E-state index < -0.39 is 34.9 Å². The number of nitrogens with one attached hydrogen (secondary N) is 1. The molecule has 2 saturated heterocycles. The normalized spacial score (nSPS) is 21.7. The molecule has 1 amide bonds. The van der Waals surface area contributed by atoms with Crippen molar-refractivity contribution >= 4 is 29.7 Å². The summed E-state index contributed by atoms with van der Waals surface area (Å²) in [5.41, 5.74) is -0.585. The first-order valence-electron chi connectivity index (χ1n) is 11.4. The Balaban J connectivity index is 1.61. The summed E-state index contributed by atoms with van der Waals surface area (Å²) in [6.45, 7) is 14.7. The molecular weight excluding hydrogens is 443 g/mol. The van der Waals surface area contributed by atoms with Gasteiger partial charge in [0.05, 0.1) is 23.2 Å². The number of benzene rings is 1. The summed E-state index contributed by atoms with van der Waals surface area (Å²) in [5.74, 6) is 0.513. The Morgan fingerprint density at radius 1 is 1.15 bits per heavy atom. The molecule has 33 heavy (non-hydrogen) atoms. The molecule has 8 nitrogen and oxygen atoms in total. The van der Waals surface area contributed by atoms with Crippen molar-refractivity contribution in [2.24, 2.45) is 0 Å². The number of hydrogen-bond acceptors (Lipinski definition) is 6. The topological polar surface area (TPSA) is 86.3 Å². The Hall–Kier alpha value is -1.62. The summed E-state index contributed by atoms with van der Waals surface area (Å²) in [6, 6.07) is 5.50. The first kappa shape index (κ1) is 26.0. The largest absolute Gasteiger partial charge is 0.495 e. The van der Waals surface area contributed by atoms with E-state index >= 15 is 0 Å². The standard InChI is InChI=1S/C23H37BN2O6S/c1-21(2,3)30-20(27)26-13-11-17(12-14-26)25-33(28)19-10-9-16(15-18(19)29-8)24-31-22(4,5)23(6,7)32-24/h9-10,15,17,25H,11-14H2,1-8H3. The molecule has 1 aromatic rings. The third-order valence-electron chi connectivity index (χ3n) is 6.33. The van der Waals surface area contributed by atoms with Gasteiger partial charge in [0.1, 0.15) is 22.3 Å². The van der Waals surface area contributed by atoms with Crippen molar-refractivity contribution in [2.45, 2.75) is 89.0 Å². The van der Waals surface area contributed by atoms with Crippen molar-refractivity contribution < 1.29 is 27.8 Å². The zero-order valence-electron chi connectivity index (χ0n) is 21.0. The molecule has 2 aliphatic heterocycles. The highest BCUT2D eigenvalue weighted by atomic mass is 32.2. The van der Waals surface area contributed by atoms with Gasteiger partial charge in [-0.2, -0.15) is 0 Å². The minimum Gasteiger partial charge on any atom is -0.495 e. The summed E-state index contributed by atoms with van der Waals surface area (Å²) < 4.78 is 39.5. The Morgan fingerprint density at radius 3 is 2.24 bits per heavy atom. The molecule has 0 bridgehead atoms. The van der Waals surface area contributed by atoms with Crippen molar-refractivity contribution in [1.29, 1.82) is 0 Å². The van der Waals surface area contributed by atoms with Gasteiger partial charge in [-0.05, 0) is 78.9 Å². The van der Waals surface area contributed by atoms with Crippen molar-refractivity contribution in [2.75, 3.05) is 20.2 Å². The number of likely N-dealkylation sites (tertiary alicyclic amines) is 1. The molecule has 1 aromatic carbocycles. The first-order valence-corrected chi connectivity index (χ1v) is 12.6. The van der Waals surface area contributed by atoms with E-state index in [0.717, 1.165) is 5.46 Å². The van der Waals surface area contributed by atoms with E-state index in [-0.39, 0.29) is 12.1 Å². The average molecular weight is 480 g/mol. The van der Waals surface area contributed by atoms with Crippen molar-refractivity contribution in [3.63, 3.8) is 0 Å². The number of carbonyl (C=O) groups excluding carboxylic acids is 1. The molecule has 2 fully saturated rings. The zero-order chi connectivity index (χ0) is 24.6. The number of piperidine rings is 1. The quantitative estimate of drug-likeness (QED) is 0.653. The maximum atomic E-state index is 13.1. The highest BCUT2D eigenvalue weighted by Gasteiger charge is 2.51. The second kappa shape index (κ2) is 9.56. The van der Waals surface area contributed by atoms with E-state index in [1.807, 2.05) is 60.6 Å². The van der Waals surface area contributed by atoms with Crippen LogP contribution in [-0.2, 0) is 25.0 Å². The molecule has 0 aromatic heterocycles. The molecule has 1 N–H and O–H groups in total.